The largest absolute Gasteiger partial charge is 0.495 e. The van der Waals surface area contributed by atoms with E-state index in [2.05, 4.69) is 10.3 Å². The van der Waals surface area contributed by atoms with Crippen LogP contribution >= 0.6 is 11.6 Å². The van der Waals surface area contributed by atoms with Gasteiger partial charge in [-0.3, -0.25) is 14.7 Å². The van der Waals surface area contributed by atoms with Crippen molar-refractivity contribution in [2.24, 2.45) is 0 Å². The summed E-state index contributed by atoms with van der Waals surface area (Å²) in [6.07, 6.45) is 1.22. The van der Waals surface area contributed by atoms with Crippen LogP contribution in [0.1, 0.15) is 22.2 Å². The molecule has 26 heavy (non-hydrogen) atoms. The van der Waals surface area contributed by atoms with Gasteiger partial charge < -0.3 is 10.1 Å². The van der Waals surface area contributed by atoms with Crippen LogP contribution in [0.2, 0.25) is 5.02 Å². The van der Waals surface area contributed by atoms with Gasteiger partial charge in [0.15, 0.2) is 6.17 Å². The lowest BCUT2D eigenvalue weighted by Gasteiger charge is -2.27. The average Bonchev–Trinajstić information content (AvgIpc) is 2.95. The second-order valence-electron chi connectivity index (χ2n) is 5.84. The number of aromatic nitrogens is 1. The second-order valence-corrected chi connectivity index (χ2v) is 6.27. The molecule has 1 aliphatic rings. The van der Waals surface area contributed by atoms with Gasteiger partial charge in [0, 0.05) is 16.9 Å². The molecule has 0 unspecified atom stereocenters. The third-order valence-corrected chi connectivity index (χ3v) is 4.53. The van der Waals surface area contributed by atoms with E-state index >= 15 is 0 Å². The van der Waals surface area contributed by atoms with Crippen LogP contribution in [0.5, 0.6) is 5.75 Å². The number of carbonyl (C=O) groups excluding carboxylic acids is 1. The summed E-state index contributed by atoms with van der Waals surface area (Å²) >= 11 is 6.15. The molecule has 1 aromatic heterocycles. The van der Waals surface area contributed by atoms with Crippen LogP contribution in [0.15, 0.2) is 66.9 Å². The maximum Gasteiger partial charge on any atom is 0.262 e. The average molecular weight is 366 g/mol. The van der Waals surface area contributed by atoms with Crippen LogP contribution in [0.4, 0.5) is 11.4 Å². The molecule has 130 valence electrons. The summed E-state index contributed by atoms with van der Waals surface area (Å²) in [6.45, 7) is 0. The number of amides is 1. The topological polar surface area (TPSA) is 54.5 Å². The van der Waals surface area contributed by atoms with E-state index in [1.807, 2.05) is 30.3 Å². The van der Waals surface area contributed by atoms with Gasteiger partial charge in [0.05, 0.1) is 24.1 Å². The first-order chi connectivity index (χ1) is 12.7. The van der Waals surface area contributed by atoms with Crippen LogP contribution in [0.25, 0.3) is 0 Å². The monoisotopic (exact) mass is 365 g/mol. The van der Waals surface area contributed by atoms with E-state index in [9.17, 15) is 4.79 Å². The number of para-hydroxylation sites is 1. The number of hydrogen-bond donors (Lipinski definition) is 1. The normalized spacial score (nSPS) is 15.7. The number of nitrogens with zero attached hydrogens (tertiary/aromatic N) is 2. The molecule has 0 saturated carbocycles. The van der Waals surface area contributed by atoms with E-state index < -0.39 is 6.17 Å². The molecule has 2 aromatic carbocycles. The van der Waals surface area contributed by atoms with Gasteiger partial charge in [0.25, 0.3) is 5.91 Å². The van der Waals surface area contributed by atoms with Gasteiger partial charge in [-0.2, -0.15) is 0 Å². The minimum absolute atomic E-state index is 0.0993. The standard InChI is InChI=1S/C20H16ClN3O2/c1-26-17-10-9-13(21)12-16(17)23-19-18-15(8-5-11-22-18)20(25)24(19)14-6-3-2-4-7-14/h2-12,19,23H,1H3/t19-/m1/s1. The molecule has 0 saturated heterocycles. The smallest absolute Gasteiger partial charge is 0.262 e. The first kappa shape index (κ1) is 16.4. The Balaban J connectivity index is 1.81. The summed E-state index contributed by atoms with van der Waals surface area (Å²) in [4.78, 5) is 19.1. The van der Waals surface area contributed by atoms with Crippen LogP contribution in [0, 0.1) is 0 Å². The quantitative estimate of drug-likeness (QED) is 0.738. The Hall–Kier alpha value is -3.05. The number of pyridine rings is 1. The molecule has 5 nitrogen and oxygen atoms in total. The van der Waals surface area contributed by atoms with Crippen LogP contribution < -0.4 is 15.0 Å². The van der Waals surface area contributed by atoms with Crippen molar-refractivity contribution in [2.75, 3.05) is 17.3 Å². The number of ether oxygens (including phenoxy) is 1. The second kappa shape index (κ2) is 6.69. The molecule has 1 atom stereocenters. The van der Waals surface area contributed by atoms with Crippen molar-refractivity contribution in [3.8, 4) is 5.75 Å². The SMILES string of the molecule is COc1ccc(Cl)cc1N[C@H]1c2ncccc2C(=O)N1c1ccccc1. The summed E-state index contributed by atoms with van der Waals surface area (Å²) in [5.41, 5.74) is 2.73. The molecular weight excluding hydrogens is 350 g/mol. The van der Waals surface area contributed by atoms with Crippen LogP contribution in [-0.4, -0.2) is 18.0 Å². The summed E-state index contributed by atoms with van der Waals surface area (Å²) in [5, 5.41) is 3.94. The number of nitrogens with one attached hydrogen (secondary N) is 1. The lowest BCUT2D eigenvalue weighted by atomic mass is 10.2. The van der Waals surface area contributed by atoms with Crippen LogP contribution in [-0.2, 0) is 0 Å². The van der Waals surface area contributed by atoms with E-state index in [0.29, 0.717) is 27.7 Å². The predicted octanol–water partition coefficient (Wildman–Crippen LogP) is 4.51. The zero-order valence-corrected chi connectivity index (χ0v) is 14.8. The molecule has 0 aliphatic carbocycles. The number of hydrogen-bond acceptors (Lipinski definition) is 4. The highest BCUT2D eigenvalue weighted by Crippen LogP contribution is 2.39. The highest BCUT2D eigenvalue weighted by molar-refractivity contribution is 6.31. The van der Waals surface area contributed by atoms with Crippen molar-refractivity contribution in [3.63, 3.8) is 0 Å². The minimum atomic E-state index is -0.464. The molecule has 3 aromatic rings. The van der Waals surface area contributed by atoms with E-state index in [-0.39, 0.29) is 5.91 Å². The molecule has 1 amide bonds. The zero-order chi connectivity index (χ0) is 18.1. The van der Waals surface area contributed by atoms with Gasteiger partial charge in [-0.25, -0.2) is 0 Å². The third-order valence-electron chi connectivity index (χ3n) is 4.29. The third kappa shape index (κ3) is 2.76. The fourth-order valence-electron chi connectivity index (χ4n) is 3.11. The Kier molecular flexibility index (Phi) is 4.22. The van der Waals surface area contributed by atoms with E-state index in [0.717, 1.165) is 5.69 Å². The van der Waals surface area contributed by atoms with Crippen molar-refractivity contribution in [1.29, 1.82) is 0 Å². The summed E-state index contributed by atoms with van der Waals surface area (Å²) in [7, 11) is 1.59. The molecule has 0 radical (unpaired) electrons. The zero-order valence-electron chi connectivity index (χ0n) is 14.0. The highest BCUT2D eigenvalue weighted by Gasteiger charge is 2.39. The van der Waals surface area contributed by atoms with Gasteiger partial charge in [-0.1, -0.05) is 29.8 Å². The minimum Gasteiger partial charge on any atom is -0.495 e. The molecule has 0 bridgehead atoms. The van der Waals surface area contributed by atoms with Crippen molar-refractivity contribution in [1.82, 2.24) is 4.98 Å². The van der Waals surface area contributed by atoms with Gasteiger partial charge in [-0.15, -0.1) is 0 Å². The van der Waals surface area contributed by atoms with Gasteiger partial charge in [0.2, 0.25) is 0 Å². The molecule has 4 rings (SSSR count). The van der Waals surface area contributed by atoms with Crippen LogP contribution in [0.3, 0.4) is 0 Å². The van der Waals surface area contributed by atoms with E-state index in [1.54, 1.807) is 48.5 Å². The lowest BCUT2D eigenvalue weighted by Crippen LogP contribution is -2.32. The Labute approximate surface area is 156 Å². The van der Waals surface area contributed by atoms with Crippen molar-refractivity contribution < 1.29 is 9.53 Å². The Bertz CT molecular complexity index is 962. The number of benzene rings is 2. The van der Waals surface area contributed by atoms with Crippen molar-refractivity contribution >= 4 is 28.9 Å². The number of anilines is 2. The highest BCUT2D eigenvalue weighted by atomic mass is 35.5. The number of rotatable bonds is 4. The maximum absolute atomic E-state index is 13.0. The van der Waals surface area contributed by atoms with Gasteiger partial charge >= 0.3 is 0 Å². The fraction of sp³-hybridized carbons (Fsp3) is 0.100. The molecular formula is C20H16ClN3O2. The molecule has 1 aliphatic heterocycles. The first-order valence-corrected chi connectivity index (χ1v) is 8.50. The first-order valence-electron chi connectivity index (χ1n) is 8.12. The Morgan fingerprint density at radius 3 is 2.69 bits per heavy atom. The molecule has 0 spiro atoms. The number of fused-ring (bicyclic) bond motifs is 1. The van der Waals surface area contributed by atoms with Gasteiger partial charge in [-0.05, 0) is 42.5 Å². The Morgan fingerprint density at radius 2 is 1.92 bits per heavy atom. The summed E-state index contributed by atoms with van der Waals surface area (Å²) in [5.74, 6) is 0.539. The lowest BCUT2D eigenvalue weighted by molar-refractivity contribution is 0.0993. The van der Waals surface area contributed by atoms with E-state index in [4.69, 9.17) is 16.3 Å². The number of carbonyl (C=O) groups is 1. The molecule has 2 heterocycles. The van der Waals surface area contributed by atoms with Crippen molar-refractivity contribution in [2.45, 2.75) is 6.17 Å². The predicted molar refractivity (Wildman–Crippen MR) is 102 cm³/mol. The molecule has 1 N–H and O–H groups in total. The van der Waals surface area contributed by atoms with Crippen molar-refractivity contribution in [3.05, 3.63) is 83.1 Å². The molecule has 0 fully saturated rings. The van der Waals surface area contributed by atoms with E-state index in [1.165, 1.54) is 0 Å². The molecule has 6 heteroatoms. The van der Waals surface area contributed by atoms with Gasteiger partial charge in [0.1, 0.15) is 5.75 Å². The Morgan fingerprint density at radius 1 is 1.12 bits per heavy atom. The summed E-state index contributed by atoms with van der Waals surface area (Å²) in [6, 6.07) is 18.4. The maximum atomic E-state index is 13.0. The fourth-order valence-corrected chi connectivity index (χ4v) is 3.29. The summed E-state index contributed by atoms with van der Waals surface area (Å²) < 4.78 is 5.42. The number of halogens is 1. The number of methoxy groups -OCH3 is 1.